The first kappa shape index (κ1) is 16.8. The first-order chi connectivity index (χ1) is 9.71. The Hall–Kier alpha value is -2.27. The Labute approximate surface area is 119 Å². The predicted octanol–water partition coefficient (Wildman–Crippen LogP) is 2.24. The van der Waals surface area contributed by atoms with Gasteiger partial charge in [0.15, 0.2) is 0 Å². The third-order valence-corrected chi connectivity index (χ3v) is 2.43. The molecule has 8 heteroatoms. The fourth-order valence-corrected chi connectivity index (χ4v) is 1.57. The molecule has 0 bridgehead atoms. The first-order valence-electron chi connectivity index (χ1n) is 5.78. The molecule has 21 heavy (non-hydrogen) atoms. The lowest BCUT2D eigenvalue weighted by molar-refractivity contribution is -0.274. The molecule has 1 aromatic rings. The number of para-hydroxylation sites is 1. The fourth-order valence-electron chi connectivity index (χ4n) is 1.57. The van der Waals surface area contributed by atoms with Gasteiger partial charge in [-0.2, -0.15) is 5.26 Å². The van der Waals surface area contributed by atoms with Crippen molar-refractivity contribution in [2.24, 2.45) is 0 Å². The molecule has 0 aliphatic carbocycles. The van der Waals surface area contributed by atoms with E-state index in [1.807, 2.05) is 6.07 Å². The summed E-state index contributed by atoms with van der Waals surface area (Å²) in [5.41, 5.74) is -1.69. The van der Waals surface area contributed by atoms with Crippen molar-refractivity contribution in [2.75, 3.05) is 13.7 Å². The Balaban J connectivity index is 3.01. The number of nitrogens with zero attached hydrogens (tertiary/aromatic N) is 1. The number of nitrogens with one attached hydrogen (secondary N) is 1. The quantitative estimate of drug-likeness (QED) is 0.905. The van der Waals surface area contributed by atoms with E-state index < -0.39 is 23.6 Å². The predicted molar refractivity (Wildman–Crippen MR) is 66.5 cm³/mol. The Kier molecular flexibility index (Phi) is 5.16. The molecule has 1 N–H and O–H groups in total. The van der Waals surface area contributed by atoms with Crippen molar-refractivity contribution in [3.05, 3.63) is 29.8 Å². The van der Waals surface area contributed by atoms with Crippen LogP contribution in [0.15, 0.2) is 24.3 Å². The highest BCUT2D eigenvalue weighted by Gasteiger charge is 2.34. The zero-order valence-corrected chi connectivity index (χ0v) is 11.3. The van der Waals surface area contributed by atoms with E-state index in [-0.39, 0.29) is 12.2 Å². The molecule has 5 nitrogen and oxygen atoms in total. The summed E-state index contributed by atoms with van der Waals surface area (Å²) in [6, 6.07) is 6.70. The number of nitriles is 1. The van der Waals surface area contributed by atoms with Crippen molar-refractivity contribution < 1.29 is 27.4 Å². The van der Waals surface area contributed by atoms with E-state index in [2.05, 4.69) is 10.1 Å². The van der Waals surface area contributed by atoms with E-state index in [4.69, 9.17) is 10.00 Å². The Morgan fingerprint density at radius 3 is 2.52 bits per heavy atom. The van der Waals surface area contributed by atoms with Crippen LogP contribution in [0.25, 0.3) is 0 Å². The molecule has 0 aromatic heterocycles. The molecular formula is C13H13F3N2O3. The SMILES string of the molecule is COC[C@](C)(C#N)NC(=O)c1ccccc1OC(F)(F)F. The van der Waals surface area contributed by atoms with Crippen LogP contribution in [0.5, 0.6) is 5.75 Å². The molecule has 0 aliphatic heterocycles. The third kappa shape index (κ3) is 4.96. The summed E-state index contributed by atoms with van der Waals surface area (Å²) in [7, 11) is 1.34. The number of ether oxygens (including phenoxy) is 2. The fraction of sp³-hybridized carbons (Fsp3) is 0.385. The number of rotatable bonds is 5. The van der Waals surface area contributed by atoms with Gasteiger partial charge < -0.3 is 14.8 Å². The van der Waals surface area contributed by atoms with Crippen LogP contribution in [0.1, 0.15) is 17.3 Å². The third-order valence-electron chi connectivity index (χ3n) is 2.43. The van der Waals surface area contributed by atoms with Gasteiger partial charge in [-0.05, 0) is 19.1 Å². The van der Waals surface area contributed by atoms with Gasteiger partial charge in [0.25, 0.3) is 5.91 Å². The highest BCUT2D eigenvalue weighted by molar-refractivity contribution is 5.97. The monoisotopic (exact) mass is 302 g/mol. The minimum atomic E-state index is -4.92. The summed E-state index contributed by atoms with van der Waals surface area (Å²) in [5.74, 6) is -1.50. The standard InChI is InChI=1S/C13H13F3N2O3/c1-12(7-17,8-20-2)18-11(19)9-5-3-4-6-10(9)21-13(14,15)16/h3-6H,8H2,1-2H3,(H,18,19)/t12-/m0/s1. The van der Waals surface area contributed by atoms with Gasteiger partial charge in [0.2, 0.25) is 0 Å². The maximum atomic E-state index is 12.3. The molecule has 1 amide bonds. The molecule has 0 fully saturated rings. The second-order valence-electron chi connectivity index (χ2n) is 4.38. The minimum Gasteiger partial charge on any atom is -0.405 e. The lowest BCUT2D eigenvalue weighted by Crippen LogP contribution is -2.48. The lowest BCUT2D eigenvalue weighted by Gasteiger charge is -2.22. The molecule has 0 spiro atoms. The topological polar surface area (TPSA) is 71.3 Å². The van der Waals surface area contributed by atoms with E-state index in [9.17, 15) is 18.0 Å². The average Bonchev–Trinajstić information content (AvgIpc) is 2.37. The van der Waals surface area contributed by atoms with Crippen LogP contribution in [-0.4, -0.2) is 31.5 Å². The molecular weight excluding hydrogens is 289 g/mol. The zero-order chi connectivity index (χ0) is 16.1. The number of alkyl halides is 3. The van der Waals surface area contributed by atoms with Gasteiger partial charge in [0, 0.05) is 7.11 Å². The van der Waals surface area contributed by atoms with Crippen LogP contribution in [0.4, 0.5) is 13.2 Å². The lowest BCUT2D eigenvalue weighted by atomic mass is 10.0. The van der Waals surface area contributed by atoms with E-state index in [0.29, 0.717) is 0 Å². The smallest absolute Gasteiger partial charge is 0.405 e. The van der Waals surface area contributed by atoms with Crippen molar-refractivity contribution in [1.29, 1.82) is 5.26 Å². The number of benzene rings is 1. The van der Waals surface area contributed by atoms with E-state index in [0.717, 1.165) is 6.07 Å². The normalized spacial score (nSPS) is 13.9. The van der Waals surface area contributed by atoms with Gasteiger partial charge in [-0.15, -0.1) is 13.2 Å². The molecule has 1 atom stereocenters. The average molecular weight is 302 g/mol. The summed E-state index contributed by atoms with van der Waals surface area (Å²) in [5, 5.41) is 11.3. The van der Waals surface area contributed by atoms with Crippen LogP contribution in [0, 0.1) is 11.3 Å². The number of carbonyl (C=O) groups excluding carboxylic acids is 1. The Bertz CT molecular complexity index is 554. The number of amides is 1. The summed E-state index contributed by atoms with van der Waals surface area (Å²) >= 11 is 0. The number of methoxy groups -OCH3 is 1. The molecule has 0 saturated carbocycles. The maximum Gasteiger partial charge on any atom is 0.573 e. The number of halogens is 3. The van der Waals surface area contributed by atoms with Gasteiger partial charge in [-0.3, -0.25) is 4.79 Å². The van der Waals surface area contributed by atoms with Crippen molar-refractivity contribution in [2.45, 2.75) is 18.8 Å². The van der Waals surface area contributed by atoms with E-state index in [1.165, 1.54) is 32.2 Å². The minimum absolute atomic E-state index is 0.114. The van der Waals surface area contributed by atoms with Crippen molar-refractivity contribution in [3.8, 4) is 11.8 Å². The zero-order valence-electron chi connectivity index (χ0n) is 11.3. The van der Waals surface area contributed by atoms with Gasteiger partial charge in [0.05, 0.1) is 18.2 Å². The largest absolute Gasteiger partial charge is 0.573 e. The number of hydrogen-bond acceptors (Lipinski definition) is 4. The second-order valence-corrected chi connectivity index (χ2v) is 4.38. The summed E-state index contributed by atoms with van der Waals surface area (Å²) < 4.78 is 45.4. The van der Waals surface area contributed by atoms with Crippen molar-refractivity contribution >= 4 is 5.91 Å². The molecule has 0 unspecified atom stereocenters. The molecule has 0 radical (unpaired) electrons. The van der Waals surface area contributed by atoms with Gasteiger partial charge in [-0.1, -0.05) is 12.1 Å². The summed E-state index contributed by atoms with van der Waals surface area (Å²) in [6.45, 7) is 1.28. The first-order valence-corrected chi connectivity index (χ1v) is 5.78. The molecule has 114 valence electrons. The molecule has 1 aromatic carbocycles. The Morgan fingerprint density at radius 1 is 1.38 bits per heavy atom. The van der Waals surface area contributed by atoms with Gasteiger partial charge in [0.1, 0.15) is 11.3 Å². The number of hydrogen-bond donors (Lipinski definition) is 1. The maximum absolute atomic E-state index is 12.3. The molecule has 1 rings (SSSR count). The van der Waals surface area contributed by atoms with Crippen LogP contribution < -0.4 is 10.1 Å². The molecule has 0 aliphatic rings. The Morgan fingerprint density at radius 2 is 2.00 bits per heavy atom. The highest BCUT2D eigenvalue weighted by atomic mass is 19.4. The highest BCUT2D eigenvalue weighted by Crippen LogP contribution is 2.26. The molecule has 0 heterocycles. The van der Waals surface area contributed by atoms with E-state index >= 15 is 0 Å². The summed E-state index contributed by atoms with van der Waals surface area (Å²) in [6.07, 6.45) is -4.92. The molecule has 0 saturated heterocycles. The summed E-state index contributed by atoms with van der Waals surface area (Å²) in [4.78, 5) is 12.0. The van der Waals surface area contributed by atoms with E-state index in [1.54, 1.807) is 0 Å². The van der Waals surface area contributed by atoms with Crippen molar-refractivity contribution in [1.82, 2.24) is 5.32 Å². The van der Waals surface area contributed by atoms with Gasteiger partial charge in [-0.25, -0.2) is 0 Å². The van der Waals surface area contributed by atoms with Crippen LogP contribution in [0.3, 0.4) is 0 Å². The van der Waals surface area contributed by atoms with Crippen molar-refractivity contribution in [3.63, 3.8) is 0 Å². The van der Waals surface area contributed by atoms with Gasteiger partial charge >= 0.3 is 6.36 Å². The van der Waals surface area contributed by atoms with Crippen LogP contribution in [0.2, 0.25) is 0 Å². The van der Waals surface area contributed by atoms with Crippen LogP contribution in [-0.2, 0) is 4.74 Å². The van der Waals surface area contributed by atoms with Crippen LogP contribution >= 0.6 is 0 Å². The second kappa shape index (κ2) is 6.45. The number of carbonyl (C=O) groups is 1.